The maximum Gasteiger partial charge on any atom is 0.0344 e. The molecule has 0 saturated heterocycles. The van der Waals surface area contributed by atoms with Crippen molar-refractivity contribution in [2.45, 2.75) is 6.42 Å². The average Bonchev–Trinajstić information content (AvgIpc) is 1.63. The molecule has 0 rings (SSSR count). The minimum absolute atomic E-state index is 0.572. The van der Waals surface area contributed by atoms with Crippen LogP contribution >= 0.6 is 11.8 Å². The van der Waals surface area contributed by atoms with Gasteiger partial charge in [-0.3, -0.25) is 0 Å². The predicted octanol–water partition coefficient (Wildman–Crippen LogP) is 0.698. The quantitative estimate of drug-likeness (QED) is 0.538. The van der Waals surface area contributed by atoms with Crippen LogP contribution in [0.3, 0.4) is 0 Å². The second-order valence-corrected chi connectivity index (χ2v) is 1.69. The van der Waals surface area contributed by atoms with Gasteiger partial charge in [0.15, 0.2) is 0 Å². The third kappa shape index (κ3) is 4.31. The lowest BCUT2D eigenvalue weighted by atomic mass is 10.5. The van der Waals surface area contributed by atoms with Crippen molar-refractivity contribution in [3.05, 3.63) is 0 Å². The molecule has 2 N–H and O–H groups in total. The van der Waals surface area contributed by atoms with Crippen LogP contribution in [0.25, 0.3) is 0 Å². The predicted molar refractivity (Wildman–Crippen MR) is 32.1 cm³/mol. The lowest BCUT2D eigenvalue weighted by molar-refractivity contribution is 0.944. The van der Waals surface area contributed by atoms with Crippen LogP contribution in [0.4, 0.5) is 0 Å². The monoisotopic (exact) mass is 108 g/mol. The molecule has 2 heteroatoms. The second-order valence-electron chi connectivity index (χ2n) is 0.991. The van der Waals surface area contributed by atoms with Gasteiger partial charge in [0, 0.05) is 4.11 Å². The second kappa shape index (κ2) is 5.31. The van der Waals surface area contributed by atoms with Crippen LogP contribution in [0.2, 0.25) is 0 Å². The number of nitrogens with two attached hydrogens (primary N) is 1. The molecule has 0 heterocycles. The van der Waals surface area contributed by atoms with Crippen molar-refractivity contribution in [3.8, 4) is 0 Å². The molecule has 0 fully saturated rings. The summed E-state index contributed by atoms with van der Waals surface area (Å²) in [5.74, 6) is 0.632. The molecule has 0 aromatic heterocycles. The highest BCUT2D eigenvalue weighted by Crippen LogP contribution is 1.91. The summed E-state index contributed by atoms with van der Waals surface area (Å²) >= 11 is 0.978. The highest BCUT2D eigenvalue weighted by molar-refractivity contribution is 7.98. The van der Waals surface area contributed by atoms with E-state index in [0.29, 0.717) is 12.3 Å². The maximum atomic E-state index is 6.77. The first-order chi connectivity index (χ1) is 4.06. The molecule has 0 unspecified atom stereocenters. The molecule has 0 saturated carbocycles. The van der Waals surface area contributed by atoms with Crippen LogP contribution in [-0.2, 0) is 0 Å². The molecule has 0 aliphatic rings. The molecule has 0 aliphatic heterocycles. The third-order valence-electron chi connectivity index (χ3n) is 0.451. The molecule has 0 spiro atoms. The molecule has 0 radical (unpaired) electrons. The largest absolute Gasteiger partial charge is 0.330 e. The minimum Gasteiger partial charge on any atom is -0.330 e. The Hall–Kier alpha value is 0.310. The van der Waals surface area contributed by atoms with E-state index in [4.69, 9.17) is 9.85 Å². The molecule has 0 aromatic rings. The fraction of sp³-hybridized carbons (Fsp3) is 1.00. The highest BCUT2D eigenvalue weighted by Gasteiger charge is 1.75. The van der Waals surface area contributed by atoms with Gasteiger partial charge in [0.05, 0.1) is 0 Å². The van der Waals surface area contributed by atoms with Crippen molar-refractivity contribution >= 4 is 11.8 Å². The van der Waals surface area contributed by atoms with Crippen molar-refractivity contribution in [1.82, 2.24) is 0 Å². The standard InChI is InChI=1S/C4H11NS/c1-6-4-2-3-5/h2-5H2,1H3/i1D3. The molecule has 38 valence electrons. The minimum atomic E-state index is -1.84. The van der Waals surface area contributed by atoms with Gasteiger partial charge in [0.1, 0.15) is 0 Å². The molecular weight excluding hydrogens is 94.1 g/mol. The third-order valence-corrected chi connectivity index (χ3v) is 0.943. The zero-order chi connectivity index (χ0) is 7.33. The van der Waals surface area contributed by atoms with Gasteiger partial charge < -0.3 is 5.73 Å². The Bertz CT molecular complexity index is 72.7. The van der Waals surface area contributed by atoms with E-state index in [2.05, 4.69) is 0 Å². The van der Waals surface area contributed by atoms with E-state index in [0.717, 1.165) is 18.2 Å². The fourth-order valence-electron chi connectivity index (χ4n) is 0.156. The molecular formula is C4H11NS. The number of rotatable bonds is 3. The summed E-state index contributed by atoms with van der Waals surface area (Å²) in [6.45, 7) is 0.572. The summed E-state index contributed by atoms with van der Waals surface area (Å²) in [7, 11) is 0. The molecule has 0 amide bonds. The fourth-order valence-corrected chi connectivity index (χ4v) is 0.467. The first-order valence-corrected chi connectivity index (χ1v) is 2.89. The zero-order valence-electron chi connectivity index (χ0n) is 6.61. The van der Waals surface area contributed by atoms with Crippen molar-refractivity contribution in [1.29, 1.82) is 0 Å². The van der Waals surface area contributed by atoms with E-state index >= 15 is 0 Å². The summed E-state index contributed by atoms with van der Waals surface area (Å²) < 4.78 is 20.3. The van der Waals surface area contributed by atoms with E-state index in [1.165, 1.54) is 0 Å². The SMILES string of the molecule is [2H]C([2H])([2H])SCCCN. The van der Waals surface area contributed by atoms with Gasteiger partial charge in [-0.1, -0.05) is 0 Å². The highest BCUT2D eigenvalue weighted by atomic mass is 32.2. The average molecular weight is 108 g/mol. The van der Waals surface area contributed by atoms with Gasteiger partial charge in [-0.15, -0.1) is 0 Å². The lowest BCUT2D eigenvalue weighted by Crippen LogP contribution is -1.98. The van der Waals surface area contributed by atoms with Crippen molar-refractivity contribution in [3.63, 3.8) is 0 Å². The van der Waals surface area contributed by atoms with Crippen LogP contribution < -0.4 is 5.73 Å². The summed E-state index contributed by atoms with van der Waals surface area (Å²) in [6, 6.07) is 0. The van der Waals surface area contributed by atoms with Crippen LogP contribution in [0, 0.1) is 0 Å². The number of hydrogen-bond donors (Lipinski definition) is 1. The first kappa shape index (κ1) is 2.58. The Morgan fingerprint density at radius 2 is 2.83 bits per heavy atom. The Morgan fingerprint density at radius 1 is 2.00 bits per heavy atom. The maximum absolute atomic E-state index is 6.77. The Kier molecular flexibility index (Phi) is 2.28. The van der Waals surface area contributed by atoms with Gasteiger partial charge in [0.25, 0.3) is 0 Å². The van der Waals surface area contributed by atoms with Gasteiger partial charge in [-0.25, -0.2) is 0 Å². The normalized spacial score (nSPS) is 18.5. The number of hydrogen-bond acceptors (Lipinski definition) is 2. The first-order valence-electron chi connectivity index (χ1n) is 3.40. The van der Waals surface area contributed by atoms with Crippen LogP contribution in [0.1, 0.15) is 10.5 Å². The summed E-state index contributed by atoms with van der Waals surface area (Å²) in [5.41, 5.74) is 5.16. The van der Waals surface area contributed by atoms with Gasteiger partial charge in [-0.2, -0.15) is 11.8 Å². The lowest BCUT2D eigenvalue weighted by Gasteiger charge is -1.86. The molecule has 1 nitrogen and oxygen atoms in total. The molecule has 0 atom stereocenters. The van der Waals surface area contributed by atoms with Gasteiger partial charge >= 0.3 is 0 Å². The molecule has 0 bridgehead atoms. The van der Waals surface area contributed by atoms with E-state index in [9.17, 15) is 0 Å². The summed E-state index contributed by atoms with van der Waals surface area (Å²) in [6.07, 6.45) is -1.06. The van der Waals surface area contributed by atoms with Crippen molar-refractivity contribution < 1.29 is 4.11 Å². The van der Waals surface area contributed by atoms with Gasteiger partial charge in [-0.05, 0) is 24.9 Å². The Morgan fingerprint density at radius 3 is 3.33 bits per heavy atom. The summed E-state index contributed by atoms with van der Waals surface area (Å²) in [5, 5.41) is 0. The molecule has 6 heavy (non-hydrogen) atoms. The van der Waals surface area contributed by atoms with E-state index < -0.39 is 6.18 Å². The molecule has 0 aromatic carbocycles. The van der Waals surface area contributed by atoms with E-state index in [1.54, 1.807) is 0 Å². The van der Waals surface area contributed by atoms with Crippen LogP contribution in [0.15, 0.2) is 0 Å². The topological polar surface area (TPSA) is 26.0 Å². The van der Waals surface area contributed by atoms with E-state index in [1.807, 2.05) is 0 Å². The Balaban J connectivity index is 3.07. The van der Waals surface area contributed by atoms with Crippen LogP contribution in [0.5, 0.6) is 0 Å². The van der Waals surface area contributed by atoms with Gasteiger partial charge in [0.2, 0.25) is 0 Å². The summed E-state index contributed by atoms with van der Waals surface area (Å²) in [4.78, 5) is 0. The molecule has 0 aliphatic carbocycles. The van der Waals surface area contributed by atoms with Crippen LogP contribution in [-0.4, -0.2) is 18.5 Å². The van der Waals surface area contributed by atoms with Crippen molar-refractivity contribution in [2.24, 2.45) is 5.73 Å². The van der Waals surface area contributed by atoms with Crippen molar-refractivity contribution in [2.75, 3.05) is 18.5 Å². The zero-order valence-corrected chi connectivity index (χ0v) is 4.42. The number of thioether (sulfide) groups is 1. The van der Waals surface area contributed by atoms with E-state index in [-0.39, 0.29) is 0 Å². The smallest absolute Gasteiger partial charge is 0.0344 e. The Labute approximate surface area is 47.5 Å².